The Labute approximate surface area is 684 Å². The monoisotopic (exact) mass is 1670 g/mol. The van der Waals surface area contributed by atoms with Crippen LogP contribution in [-0.4, -0.2) is 255 Å². The summed E-state index contributed by atoms with van der Waals surface area (Å²) in [4.78, 5) is 148. The number of carbonyl (C=O) groups excluding carboxylic acids is 10. The molecule has 8 aliphatic heterocycles. The summed E-state index contributed by atoms with van der Waals surface area (Å²) >= 11 is 0. The molecule has 4 aromatic carbocycles. The van der Waals surface area contributed by atoms with Gasteiger partial charge in [-0.2, -0.15) is 0 Å². The fourth-order valence-electron chi connectivity index (χ4n) is 14.9. The average Bonchev–Trinajstić information content (AvgIpc) is 1.61. The molecule has 28 nitrogen and oxygen atoms in total. The van der Waals surface area contributed by atoms with Crippen molar-refractivity contribution in [3.05, 3.63) is 106 Å². The van der Waals surface area contributed by atoms with Crippen LogP contribution in [-0.2, 0) is 47.7 Å². The first kappa shape index (κ1) is 87.8. The molecule has 12 rings (SSSR count). The molecule has 8 heterocycles. The first-order chi connectivity index (χ1) is 54.7. The zero-order valence-electron chi connectivity index (χ0n) is 70.5. The summed E-state index contributed by atoms with van der Waals surface area (Å²) in [6, 6.07) is 14.0. The maximum Gasteiger partial charge on any atom is 0.257 e. The molecule has 4 atom stereocenters. The normalized spacial score (nSPS) is 19.6. The van der Waals surface area contributed by atoms with E-state index in [1.807, 2.05) is 13.8 Å². The van der Waals surface area contributed by atoms with Gasteiger partial charge in [-0.15, -0.1) is 0 Å². The van der Waals surface area contributed by atoms with Crippen molar-refractivity contribution in [2.24, 2.45) is 0 Å². The third kappa shape index (κ3) is 20.6. The van der Waals surface area contributed by atoms with Crippen LogP contribution in [0, 0.1) is 13.8 Å². The molecule has 8 amide bonds. The quantitative estimate of drug-likeness (QED) is 0.0238. The maximum absolute atomic E-state index is 14.0. The van der Waals surface area contributed by atoms with Gasteiger partial charge < -0.3 is 67.0 Å². The highest BCUT2D eigenvalue weighted by molar-refractivity contribution is 6.77. The minimum absolute atomic E-state index is 0.00729. The molecule has 0 unspecified atom stereocenters. The van der Waals surface area contributed by atoms with E-state index in [1.165, 1.54) is 33.8 Å². The summed E-state index contributed by atoms with van der Waals surface area (Å²) in [5, 5.41) is 0. The number of ether oxygens (including phenoxy) is 10. The highest BCUT2D eigenvalue weighted by Crippen LogP contribution is 2.45. The number of aryl methyl sites for hydroxylation is 2. The number of ketones is 2. The lowest BCUT2D eigenvalue weighted by Crippen LogP contribution is -2.45. The van der Waals surface area contributed by atoms with Crippen molar-refractivity contribution in [2.75, 3.05) is 140 Å². The zero-order valence-corrected chi connectivity index (χ0v) is 74.5. The van der Waals surface area contributed by atoms with E-state index in [4.69, 9.17) is 47.4 Å². The Bertz CT molecular complexity index is 4230. The number of methoxy groups -OCH3 is 2. The summed E-state index contributed by atoms with van der Waals surface area (Å²) in [6.07, 6.45) is 1.63. The second-order valence-corrected chi connectivity index (χ2v) is 58.5. The van der Waals surface area contributed by atoms with Gasteiger partial charge in [0.05, 0.1) is 98.7 Å². The van der Waals surface area contributed by atoms with E-state index in [0.717, 1.165) is 40.9 Å². The van der Waals surface area contributed by atoms with Crippen LogP contribution < -0.4 is 48.0 Å². The molecule has 0 N–H and O–H groups in total. The molecule has 8 aliphatic rings. The standard InChI is InChI=1S/C43H60N4O9Si2.C41H56N4O11Si2/c1-28-18-35-42(50)46(26-53-14-16-57(5,6)7)33-22-37(30(3)20-31(33)40(48)44(35)24-28)55-12-11-13-56-39-23-34-32(21-38(39)52-4)41(49)45-25-29(2)19-36(45)43(51)47(34)27-54-15-17-58(8,9)10;1-26-16-29-31(44(24-53-12-14-57(3,4)5)40(50)33-17-27(46)22-42(33)38(29)48)20-35(26)55-10-9-11-56-37-21-32-30(19-36(37)52-2)39(49)43-23-28(47)18-34(43)41(51)45(32)25-54-13-15-58(6,7)8/h20-23,35-36H,1-2,11-19,24-27H2,3-10H3;16,19-21,33-34H,9-15,17-18,22-25H2,1-8H3/t35-,36-;33-,34-/m00/s1. The van der Waals surface area contributed by atoms with Crippen LogP contribution in [0.15, 0.2) is 72.8 Å². The molecule has 32 heteroatoms. The lowest BCUT2D eigenvalue weighted by molar-refractivity contribution is -0.124. The Hall–Kier alpha value is -9.03. The third-order valence-electron chi connectivity index (χ3n) is 21.8. The number of amides is 8. The number of rotatable bonds is 34. The van der Waals surface area contributed by atoms with Crippen molar-refractivity contribution < 1.29 is 95.3 Å². The number of fused-ring (bicyclic) bond motifs is 8. The van der Waals surface area contributed by atoms with Gasteiger partial charge in [0, 0.05) is 122 Å². The number of benzene rings is 4. The van der Waals surface area contributed by atoms with Crippen molar-refractivity contribution in [3.8, 4) is 34.5 Å². The number of hydrogen-bond acceptors (Lipinski definition) is 20. The van der Waals surface area contributed by atoms with Crippen LogP contribution in [0.1, 0.15) is 91.1 Å². The number of carbonyl (C=O) groups is 10. The average molecular weight is 1670 g/mol. The van der Waals surface area contributed by atoms with Crippen LogP contribution in [0.2, 0.25) is 103 Å². The number of anilines is 4. The molecule has 0 radical (unpaired) electrons. The van der Waals surface area contributed by atoms with E-state index in [-0.39, 0.29) is 144 Å². The molecule has 0 aliphatic carbocycles. The molecule has 628 valence electrons. The van der Waals surface area contributed by atoms with Crippen LogP contribution in [0.5, 0.6) is 34.5 Å². The van der Waals surface area contributed by atoms with Gasteiger partial charge in [0.15, 0.2) is 34.6 Å². The van der Waals surface area contributed by atoms with Gasteiger partial charge >= 0.3 is 0 Å². The van der Waals surface area contributed by atoms with Crippen LogP contribution in [0.4, 0.5) is 22.7 Å². The van der Waals surface area contributed by atoms with Gasteiger partial charge in [-0.1, -0.05) is 103 Å². The van der Waals surface area contributed by atoms with Crippen LogP contribution in [0.25, 0.3) is 0 Å². The lowest BCUT2D eigenvalue weighted by atomic mass is 10.1. The molecule has 4 aromatic rings. The van der Waals surface area contributed by atoms with Crippen molar-refractivity contribution in [2.45, 2.75) is 179 Å². The van der Waals surface area contributed by atoms with Crippen molar-refractivity contribution in [1.82, 2.24) is 19.6 Å². The molecule has 4 saturated heterocycles. The summed E-state index contributed by atoms with van der Waals surface area (Å²) in [6.45, 7) is 42.0. The van der Waals surface area contributed by atoms with E-state index in [2.05, 4.69) is 91.7 Å². The summed E-state index contributed by atoms with van der Waals surface area (Å²) < 4.78 is 60.4. The molecule has 0 saturated carbocycles. The second kappa shape index (κ2) is 36.5. The lowest BCUT2D eigenvalue weighted by Gasteiger charge is -2.26. The summed E-state index contributed by atoms with van der Waals surface area (Å²) in [5.74, 6) is -0.413. The van der Waals surface area contributed by atoms with E-state index < -0.39 is 62.4 Å². The number of hydrogen-bond donors (Lipinski definition) is 0. The van der Waals surface area contributed by atoms with Gasteiger partial charge in [0.1, 0.15) is 62.6 Å². The highest BCUT2D eigenvalue weighted by atomic mass is 28.3. The molecule has 0 bridgehead atoms. The Balaban J connectivity index is 0.000000228. The molecule has 0 aromatic heterocycles. The van der Waals surface area contributed by atoms with Gasteiger partial charge in [-0.3, -0.25) is 67.5 Å². The summed E-state index contributed by atoms with van der Waals surface area (Å²) in [5.41, 5.74) is 5.99. The molecule has 4 fully saturated rings. The first-order valence-corrected chi connectivity index (χ1v) is 55.0. The van der Waals surface area contributed by atoms with E-state index in [0.29, 0.717) is 139 Å². The largest absolute Gasteiger partial charge is 0.493 e. The van der Waals surface area contributed by atoms with Gasteiger partial charge in [0.2, 0.25) is 0 Å². The number of Topliss-reactive ketones (excluding diaryl/α,β-unsaturated/α-hetero) is 2. The molecule has 116 heavy (non-hydrogen) atoms. The molecule has 0 spiro atoms. The maximum atomic E-state index is 14.0. The van der Waals surface area contributed by atoms with Crippen molar-refractivity contribution in [1.29, 1.82) is 0 Å². The Kier molecular flexibility index (Phi) is 27.6. The van der Waals surface area contributed by atoms with Crippen molar-refractivity contribution >= 4 is 114 Å². The van der Waals surface area contributed by atoms with E-state index in [9.17, 15) is 47.9 Å². The smallest absolute Gasteiger partial charge is 0.257 e. The Morgan fingerprint density at radius 2 is 0.578 bits per heavy atom. The highest BCUT2D eigenvalue weighted by Gasteiger charge is 2.50. The van der Waals surface area contributed by atoms with Gasteiger partial charge in [0.25, 0.3) is 47.3 Å². The topological polar surface area (TPSA) is 289 Å². The molecular formula is C84H116N8O20Si4. The van der Waals surface area contributed by atoms with Gasteiger partial charge in [-0.25, -0.2) is 0 Å². The second-order valence-electron chi connectivity index (χ2n) is 36.1. The Morgan fingerprint density at radius 1 is 0.328 bits per heavy atom. The fraction of sp³-hybridized carbons (Fsp3) is 0.548. The Morgan fingerprint density at radius 3 is 0.853 bits per heavy atom. The minimum atomic E-state index is -1.42. The van der Waals surface area contributed by atoms with E-state index >= 15 is 0 Å². The van der Waals surface area contributed by atoms with Gasteiger partial charge in [-0.05, 0) is 86.3 Å². The minimum Gasteiger partial charge on any atom is -0.493 e. The molecular weight excluding hydrogens is 1550 g/mol. The van der Waals surface area contributed by atoms with E-state index in [1.54, 1.807) is 68.1 Å². The first-order valence-electron chi connectivity index (χ1n) is 40.1. The zero-order chi connectivity index (χ0) is 84.2. The van der Waals surface area contributed by atoms with Crippen molar-refractivity contribution in [3.63, 3.8) is 0 Å². The van der Waals surface area contributed by atoms with Crippen LogP contribution >= 0.6 is 0 Å². The third-order valence-corrected chi connectivity index (χ3v) is 28.6. The number of nitrogens with zero attached hydrogens (tertiary/aromatic N) is 8. The SMILES string of the molecule is C=C1C[C@H]2C(=O)N(COCC[Si](C)(C)C)c3cc(OCCCOc4cc5c(cc4OC)C(=O)N4CC(=C)C[C@H]4C(=O)N5COCC[Si](C)(C)C)c(C)cc3C(=O)N2C1.COc1cc2c(cc1OCCCOc1cc3c(cc1C)C(=O)N1CC(=O)C[C@H]1C(=O)N3COCC[Si](C)(C)C)N(COCC[Si](C)(C)C)C(=O)[C@@H]1CC(=O)CN1C2=O. The fourth-order valence-corrected chi connectivity index (χ4v) is 18.0. The van der Waals surface area contributed by atoms with Crippen LogP contribution in [0.3, 0.4) is 0 Å². The summed E-state index contributed by atoms with van der Waals surface area (Å²) in [7, 11) is -2.58. The predicted octanol–water partition coefficient (Wildman–Crippen LogP) is 11.4. The predicted molar refractivity (Wildman–Crippen MR) is 451 cm³/mol.